The van der Waals surface area contributed by atoms with Crippen LogP contribution in [-0.4, -0.2) is 4.98 Å². The summed E-state index contributed by atoms with van der Waals surface area (Å²) in [6.45, 7) is 0. The molecular formula is C3H3MoN2-. The molecule has 0 amide bonds. The Hall–Kier alpha value is -0.102. The molecule has 1 rings (SSSR count). The van der Waals surface area contributed by atoms with E-state index in [1.165, 1.54) is 6.33 Å². The minimum absolute atomic E-state index is 0. The smallest absolute Gasteiger partial charge is 0 e. The van der Waals surface area contributed by atoms with Crippen LogP contribution in [-0.2, 0) is 21.1 Å². The van der Waals surface area contributed by atoms with Crippen molar-refractivity contribution in [2.24, 2.45) is 0 Å². The number of rotatable bonds is 0. The molecule has 1 aromatic rings. The molecule has 0 radical (unpaired) electrons. The predicted octanol–water partition coefficient (Wildman–Crippen LogP) is 0.0363. The van der Waals surface area contributed by atoms with Crippen molar-refractivity contribution < 1.29 is 21.1 Å². The zero-order valence-electron chi connectivity index (χ0n) is 3.03. The normalized spacial score (nSPS) is 6.67. The van der Waals surface area contributed by atoms with Crippen LogP contribution in [0.2, 0.25) is 0 Å². The molecule has 1 aromatic heterocycles. The van der Waals surface area contributed by atoms with E-state index in [9.17, 15) is 0 Å². The molecule has 6 heavy (non-hydrogen) atoms. The molecule has 0 aliphatic rings. The van der Waals surface area contributed by atoms with Crippen LogP contribution in [0.3, 0.4) is 0 Å². The van der Waals surface area contributed by atoms with Gasteiger partial charge in [0, 0.05) is 21.1 Å². The minimum Gasteiger partial charge on any atom is -0.450 e. The van der Waals surface area contributed by atoms with E-state index in [1.807, 2.05) is 0 Å². The van der Waals surface area contributed by atoms with E-state index in [1.54, 1.807) is 12.4 Å². The van der Waals surface area contributed by atoms with E-state index in [0.29, 0.717) is 0 Å². The van der Waals surface area contributed by atoms with Gasteiger partial charge >= 0.3 is 0 Å². The minimum atomic E-state index is 0. The molecule has 0 spiro atoms. The first-order valence-electron chi connectivity index (χ1n) is 1.37. The topological polar surface area (TPSA) is 27.0 Å². The van der Waals surface area contributed by atoms with Gasteiger partial charge in [-0.2, -0.15) is 0 Å². The van der Waals surface area contributed by atoms with Gasteiger partial charge in [-0.1, -0.05) is 18.7 Å². The molecule has 0 atom stereocenters. The van der Waals surface area contributed by atoms with Crippen molar-refractivity contribution in [3.05, 3.63) is 18.7 Å². The Morgan fingerprint density at radius 1 is 1.50 bits per heavy atom. The van der Waals surface area contributed by atoms with Gasteiger partial charge in [0.1, 0.15) is 0 Å². The van der Waals surface area contributed by atoms with Crippen LogP contribution in [0, 0.1) is 0 Å². The van der Waals surface area contributed by atoms with Gasteiger partial charge in [-0.3, -0.25) is 0 Å². The van der Waals surface area contributed by atoms with Crippen molar-refractivity contribution >= 4 is 0 Å². The van der Waals surface area contributed by atoms with E-state index in [4.69, 9.17) is 0 Å². The fraction of sp³-hybridized carbons (Fsp3) is 0. The van der Waals surface area contributed by atoms with Crippen LogP contribution in [0.1, 0.15) is 0 Å². The SMILES string of the molecule is [Mo].c1c[n-]cn1. The number of nitrogens with zero attached hydrogens (tertiary/aromatic N) is 2. The second-order valence-corrected chi connectivity index (χ2v) is 0.712. The Balaban J connectivity index is 0.000000250. The Morgan fingerprint density at radius 3 is 2.50 bits per heavy atom. The van der Waals surface area contributed by atoms with E-state index >= 15 is 0 Å². The van der Waals surface area contributed by atoms with Gasteiger partial charge in [0.25, 0.3) is 0 Å². The molecule has 0 fully saturated rings. The average molecular weight is 163 g/mol. The zero-order valence-corrected chi connectivity index (χ0v) is 5.04. The van der Waals surface area contributed by atoms with Gasteiger partial charge in [-0.25, -0.2) is 0 Å². The Bertz CT molecular complexity index is 65.3. The maximum Gasteiger partial charge on any atom is 0 e. The van der Waals surface area contributed by atoms with E-state index in [-0.39, 0.29) is 21.1 Å². The maximum absolute atomic E-state index is 3.61. The van der Waals surface area contributed by atoms with E-state index in [2.05, 4.69) is 9.97 Å². The first-order valence-corrected chi connectivity index (χ1v) is 1.37. The van der Waals surface area contributed by atoms with Gasteiger partial charge in [-0.05, 0) is 0 Å². The summed E-state index contributed by atoms with van der Waals surface area (Å²) in [6.07, 6.45) is 4.78. The number of imidazole rings is 1. The second kappa shape index (κ2) is 3.10. The first-order chi connectivity index (χ1) is 2.50. The van der Waals surface area contributed by atoms with Gasteiger partial charge < -0.3 is 9.97 Å². The predicted molar refractivity (Wildman–Crippen MR) is 17.6 cm³/mol. The summed E-state index contributed by atoms with van der Waals surface area (Å²) in [5.41, 5.74) is 0. The largest absolute Gasteiger partial charge is 0.450 e. The van der Waals surface area contributed by atoms with Crippen LogP contribution < -0.4 is 4.98 Å². The van der Waals surface area contributed by atoms with E-state index < -0.39 is 0 Å². The molecule has 0 saturated carbocycles. The van der Waals surface area contributed by atoms with Crippen LogP contribution >= 0.6 is 0 Å². The Morgan fingerprint density at radius 2 is 2.33 bits per heavy atom. The first kappa shape index (κ1) is 5.90. The summed E-state index contributed by atoms with van der Waals surface area (Å²) in [4.78, 5) is 7.22. The average Bonchev–Trinajstić information content (AvgIpc) is 1.76. The maximum atomic E-state index is 3.61. The summed E-state index contributed by atoms with van der Waals surface area (Å²) in [6, 6.07) is 0. The molecule has 0 saturated heterocycles. The number of aromatic nitrogens is 2. The quantitative estimate of drug-likeness (QED) is 0.504. The molecule has 2 nitrogen and oxygen atoms in total. The molecule has 0 aromatic carbocycles. The van der Waals surface area contributed by atoms with Gasteiger partial charge in [0.15, 0.2) is 0 Å². The monoisotopic (exact) mass is 165 g/mol. The van der Waals surface area contributed by atoms with E-state index in [0.717, 1.165) is 0 Å². The third-order valence-corrected chi connectivity index (χ3v) is 0.372. The Labute approximate surface area is 50.2 Å². The molecule has 0 unspecified atom stereocenters. The third-order valence-electron chi connectivity index (χ3n) is 0.372. The molecule has 0 aliphatic carbocycles. The standard InChI is InChI=1S/C3H3N2.Mo/c1-2-5-3-4-1;/h1-3H;/q-1;. The van der Waals surface area contributed by atoms with Gasteiger partial charge in [-0.15, -0.1) is 0 Å². The summed E-state index contributed by atoms with van der Waals surface area (Å²) < 4.78 is 0. The summed E-state index contributed by atoms with van der Waals surface area (Å²) in [5, 5.41) is 0. The number of hydrogen-bond donors (Lipinski definition) is 0. The van der Waals surface area contributed by atoms with Crippen molar-refractivity contribution in [2.75, 3.05) is 0 Å². The van der Waals surface area contributed by atoms with Crippen molar-refractivity contribution in [3.8, 4) is 0 Å². The van der Waals surface area contributed by atoms with Crippen LogP contribution in [0.15, 0.2) is 18.7 Å². The van der Waals surface area contributed by atoms with Crippen molar-refractivity contribution in [1.82, 2.24) is 9.97 Å². The summed E-state index contributed by atoms with van der Waals surface area (Å²) in [7, 11) is 0. The van der Waals surface area contributed by atoms with Gasteiger partial charge in [0.05, 0.1) is 0 Å². The molecule has 1 heterocycles. The molecule has 0 bridgehead atoms. The second-order valence-electron chi connectivity index (χ2n) is 0.712. The summed E-state index contributed by atoms with van der Waals surface area (Å²) >= 11 is 0. The van der Waals surface area contributed by atoms with Crippen molar-refractivity contribution in [3.63, 3.8) is 0 Å². The molecule has 32 valence electrons. The Kier molecular flexibility index (Phi) is 3.05. The fourth-order valence-corrected chi connectivity index (χ4v) is 0.192. The van der Waals surface area contributed by atoms with Crippen molar-refractivity contribution in [2.45, 2.75) is 0 Å². The molecule has 0 N–H and O–H groups in total. The van der Waals surface area contributed by atoms with Gasteiger partial charge in [0.2, 0.25) is 0 Å². The van der Waals surface area contributed by atoms with Crippen molar-refractivity contribution in [1.29, 1.82) is 0 Å². The van der Waals surface area contributed by atoms with Crippen LogP contribution in [0.5, 0.6) is 0 Å². The zero-order chi connectivity index (χ0) is 3.54. The summed E-state index contributed by atoms with van der Waals surface area (Å²) in [5.74, 6) is 0. The number of hydrogen-bond acceptors (Lipinski definition) is 1. The molecule has 3 heteroatoms. The molecule has 0 aliphatic heterocycles. The van der Waals surface area contributed by atoms with Crippen LogP contribution in [0.4, 0.5) is 0 Å². The fourth-order valence-electron chi connectivity index (χ4n) is 0.192. The van der Waals surface area contributed by atoms with Crippen LogP contribution in [0.25, 0.3) is 0 Å². The third kappa shape index (κ3) is 1.36. The molecular weight excluding hydrogens is 160 g/mol.